The number of benzene rings is 2. The molecule has 1 fully saturated rings. The van der Waals surface area contributed by atoms with Crippen molar-refractivity contribution in [1.29, 1.82) is 0 Å². The van der Waals surface area contributed by atoms with Crippen LogP contribution in [0.1, 0.15) is 36.0 Å². The maximum absolute atomic E-state index is 13.3. The molecule has 1 amide bonds. The second kappa shape index (κ2) is 7.46. The highest BCUT2D eigenvalue weighted by atomic mass is 35.5. The Bertz CT molecular complexity index is 929. The van der Waals surface area contributed by atoms with Gasteiger partial charge in [0, 0.05) is 29.1 Å². The summed E-state index contributed by atoms with van der Waals surface area (Å²) < 4.78 is 0. The molecular weight excluding hydrogens is 344 g/mol. The van der Waals surface area contributed by atoms with E-state index in [-0.39, 0.29) is 5.91 Å². The maximum Gasteiger partial charge on any atom is 0.254 e. The number of hydrogen-bond donors (Lipinski definition) is 0. The zero-order valence-corrected chi connectivity index (χ0v) is 15.4. The third kappa shape index (κ3) is 3.45. The number of carbonyl (C=O) groups excluding carboxylic acids is 1. The van der Waals surface area contributed by atoms with Crippen molar-refractivity contribution in [3.63, 3.8) is 0 Å². The molecule has 26 heavy (non-hydrogen) atoms. The van der Waals surface area contributed by atoms with Crippen LogP contribution in [0.5, 0.6) is 0 Å². The molecule has 2 aromatic carbocycles. The van der Waals surface area contributed by atoms with Crippen molar-refractivity contribution in [1.82, 2.24) is 9.88 Å². The first kappa shape index (κ1) is 17.0. The molecule has 132 valence electrons. The Morgan fingerprint density at radius 1 is 0.923 bits per heavy atom. The van der Waals surface area contributed by atoms with Gasteiger partial charge in [-0.1, -0.05) is 54.8 Å². The van der Waals surface area contributed by atoms with Crippen LogP contribution >= 0.6 is 11.6 Å². The van der Waals surface area contributed by atoms with Gasteiger partial charge in [0.05, 0.1) is 16.8 Å². The number of para-hydroxylation sites is 1. The number of fused-ring (bicyclic) bond motifs is 1. The number of pyridine rings is 1. The van der Waals surface area contributed by atoms with Gasteiger partial charge in [-0.05, 0) is 37.1 Å². The predicted molar refractivity (Wildman–Crippen MR) is 107 cm³/mol. The van der Waals surface area contributed by atoms with Gasteiger partial charge in [0.2, 0.25) is 0 Å². The number of rotatable bonds is 2. The fraction of sp³-hybridized carbons (Fsp3) is 0.273. The Kier molecular flexibility index (Phi) is 4.89. The van der Waals surface area contributed by atoms with E-state index in [1.807, 2.05) is 59.5 Å². The topological polar surface area (TPSA) is 33.2 Å². The van der Waals surface area contributed by atoms with Gasteiger partial charge in [-0.2, -0.15) is 0 Å². The molecule has 1 aliphatic heterocycles. The van der Waals surface area contributed by atoms with Gasteiger partial charge in [-0.25, -0.2) is 4.98 Å². The van der Waals surface area contributed by atoms with E-state index in [0.29, 0.717) is 5.02 Å². The molecule has 0 bridgehead atoms. The van der Waals surface area contributed by atoms with Crippen LogP contribution in [0.15, 0.2) is 54.6 Å². The highest BCUT2D eigenvalue weighted by Gasteiger charge is 2.20. The molecule has 0 saturated carbocycles. The van der Waals surface area contributed by atoms with Crippen LogP contribution in [0.3, 0.4) is 0 Å². The molecule has 3 aromatic rings. The fourth-order valence-corrected chi connectivity index (χ4v) is 3.69. The normalized spacial score (nSPS) is 15.0. The second-order valence-corrected chi connectivity index (χ2v) is 7.22. The Morgan fingerprint density at radius 3 is 2.35 bits per heavy atom. The van der Waals surface area contributed by atoms with Crippen molar-refractivity contribution >= 4 is 28.4 Å². The average molecular weight is 365 g/mol. The van der Waals surface area contributed by atoms with Crippen LogP contribution in [-0.4, -0.2) is 28.9 Å². The summed E-state index contributed by atoms with van der Waals surface area (Å²) in [6.07, 6.45) is 4.57. The van der Waals surface area contributed by atoms with Crippen LogP contribution in [-0.2, 0) is 0 Å². The molecule has 0 aliphatic carbocycles. The van der Waals surface area contributed by atoms with Crippen molar-refractivity contribution < 1.29 is 4.79 Å². The molecule has 1 aliphatic rings. The number of nitrogens with zero attached hydrogens (tertiary/aromatic N) is 2. The number of likely N-dealkylation sites (tertiary alicyclic amines) is 1. The predicted octanol–water partition coefficient (Wildman–Crippen LogP) is 5.57. The van der Waals surface area contributed by atoms with Crippen molar-refractivity contribution in [3.05, 3.63) is 65.2 Å². The smallest absolute Gasteiger partial charge is 0.254 e. The van der Waals surface area contributed by atoms with Crippen LogP contribution in [0, 0.1) is 0 Å². The van der Waals surface area contributed by atoms with Gasteiger partial charge >= 0.3 is 0 Å². The highest BCUT2D eigenvalue weighted by molar-refractivity contribution is 6.30. The van der Waals surface area contributed by atoms with E-state index in [1.165, 1.54) is 12.8 Å². The van der Waals surface area contributed by atoms with E-state index in [9.17, 15) is 4.79 Å². The lowest BCUT2D eigenvalue weighted by atomic mass is 10.0. The quantitative estimate of drug-likeness (QED) is 0.595. The Hall–Kier alpha value is -2.39. The largest absolute Gasteiger partial charge is 0.339 e. The number of halogens is 1. The van der Waals surface area contributed by atoms with Gasteiger partial charge in [0.25, 0.3) is 5.91 Å². The minimum atomic E-state index is 0.112. The number of amides is 1. The number of carbonyl (C=O) groups is 1. The van der Waals surface area contributed by atoms with Crippen LogP contribution in [0.2, 0.25) is 5.02 Å². The zero-order valence-electron chi connectivity index (χ0n) is 14.6. The third-order valence-electron chi connectivity index (χ3n) is 4.98. The van der Waals surface area contributed by atoms with Crippen LogP contribution < -0.4 is 0 Å². The van der Waals surface area contributed by atoms with Gasteiger partial charge in [-0.3, -0.25) is 4.79 Å². The van der Waals surface area contributed by atoms with E-state index in [4.69, 9.17) is 16.6 Å². The Morgan fingerprint density at radius 2 is 1.62 bits per heavy atom. The summed E-state index contributed by atoms with van der Waals surface area (Å²) in [5, 5.41) is 1.61. The molecule has 0 atom stereocenters. The van der Waals surface area contributed by atoms with E-state index >= 15 is 0 Å². The van der Waals surface area contributed by atoms with Crippen LogP contribution in [0.25, 0.3) is 22.2 Å². The molecule has 0 radical (unpaired) electrons. The summed E-state index contributed by atoms with van der Waals surface area (Å²) in [5.41, 5.74) is 3.35. The lowest BCUT2D eigenvalue weighted by Gasteiger charge is -2.21. The summed E-state index contributed by atoms with van der Waals surface area (Å²) in [6.45, 7) is 1.68. The first-order chi connectivity index (χ1) is 12.7. The molecule has 0 N–H and O–H groups in total. The third-order valence-corrected chi connectivity index (χ3v) is 5.23. The molecule has 1 aromatic heterocycles. The van der Waals surface area contributed by atoms with Crippen LogP contribution in [0.4, 0.5) is 0 Å². The molecule has 3 nitrogen and oxygen atoms in total. The van der Waals surface area contributed by atoms with Crippen molar-refractivity contribution in [3.8, 4) is 11.3 Å². The summed E-state index contributed by atoms with van der Waals surface area (Å²) in [6, 6.07) is 17.4. The first-order valence-electron chi connectivity index (χ1n) is 9.17. The zero-order chi connectivity index (χ0) is 17.9. The molecular formula is C22H21ClN2O. The number of hydrogen-bond acceptors (Lipinski definition) is 2. The highest BCUT2D eigenvalue weighted by Crippen LogP contribution is 2.27. The Labute approximate surface area is 158 Å². The van der Waals surface area contributed by atoms with Crippen molar-refractivity contribution in [2.75, 3.05) is 13.1 Å². The van der Waals surface area contributed by atoms with Gasteiger partial charge < -0.3 is 4.90 Å². The molecule has 0 unspecified atom stereocenters. The van der Waals surface area contributed by atoms with Gasteiger partial charge in [-0.15, -0.1) is 0 Å². The first-order valence-corrected chi connectivity index (χ1v) is 9.55. The Balaban J connectivity index is 1.81. The summed E-state index contributed by atoms with van der Waals surface area (Å²) >= 11 is 6.01. The maximum atomic E-state index is 13.3. The molecule has 4 heteroatoms. The minimum Gasteiger partial charge on any atom is -0.339 e. The summed E-state index contributed by atoms with van der Waals surface area (Å²) in [7, 11) is 0. The average Bonchev–Trinajstić information content (AvgIpc) is 2.96. The van der Waals surface area contributed by atoms with Crippen molar-refractivity contribution in [2.45, 2.75) is 25.7 Å². The van der Waals surface area contributed by atoms with E-state index in [0.717, 1.165) is 53.7 Å². The molecule has 1 saturated heterocycles. The molecule has 4 rings (SSSR count). The lowest BCUT2D eigenvalue weighted by molar-refractivity contribution is 0.0763. The standard InChI is InChI=1S/C22H21ClN2O/c23-17-11-9-16(10-12-17)21-15-19(18-7-3-4-8-20(18)24-21)22(26)25-13-5-1-2-6-14-25/h3-4,7-12,15H,1-2,5-6,13-14H2. The van der Waals surface area contributed by atoms with E-state index in [2.05, 4.69) is 0 Å². The summed E-state index contributed by atoms with van der Waals surface area (Å²) in [4.78, 5) is 20.0. The van der Waals surface area contributed by atoms with Crippen molar-refractivity contribution in [2.24, 2.45) is 0 Å². The second-order valence-electron chi connectivity index (χ2n) is 6.79. The monoisotopic (exact) mass is 364 g/mol. The fourth-order valence-electron chi connectivity index (χ4n) is 3.56. The summed E-state index contributed by atoms with van der Waals surface area (Å²) in [5.74, 6) is 0.112. The number of aromatic nitrogens is 1. The molecule has 0 spiro atoms. The SMILES string of the molecule is O=C(c1cc(-c2ccc(Cl)cc2)nc2ccccc12)N1CCCCCC1. The lowest BCUT2D eigenvalue weighted by Crippen LogP contribution is -2.32. The van der Waals surface area contributed by atoms with E-state index < -0.39 is 0 Å². The van der Waals surface area contributed by atoms with Gasteiger partial charge in [0.15, 0.2) is 0 Å². The minimum absolute atomic E-state index is 0.112. The van der Waals surface area contributed by atoms with E-state index in [1.54, 1.807) is 0 Å². The van der Waals surface area contributed by atoms with Gasteiger partial charge in [0.1, 0.15) is 0 Å². The molecule has 2 heterocycles.